The zero-order valence-electron chi connectivity index (χ0n) is 24.2. The van der Waals surface area contributed by atoms with E-state index in [1.807, 2.05) is 37.3 Å². The normalized spacial score (nSPS) is 19.5. The predicted octanol–water partition coefficient (Wildman–Crippen LogP) is 6.84. The molecule has 228 valence electrons. The number of fused-ring (bicyclic) bond motifs is 1. The smallest absolute Gasteiger partial charge is 0.383 e. The van der Waals surface area contributed by atoms with Crippen molar-refractivity contribution in [3.05, 3.63) is 118 Å². The molecule has 1 aliphatic heterocycles. The van der Waals surface area contributed by atoms with Crippen LogP contribution in [-0.2, 0) is 18.1 Å². The Labute approximate surface area is 252 Å². The highest BCUT2D eigenvalue weighted by atomic mass is 19.4. The number of carbonyl (C=O) groups is 1. The molecule has 3 aromatic rings. The fraction of sp³-hybridized carbons (Fsp3) is 0.324. The first-order valence-corrected chi connectivity index (χ1v) is 14.7. The van der Waals surface area contributed by atoms with Crippen LogP contribution in [0.1, 0.15) is 70.5 Å². The third kappa shape index (κ3) is 5.91. The van der Waals surface area contributed by atoms with Gasteiger partial charge in [0.1, 0.15) is 17.3 Å². The zero-order valence-corrected chi connectivity index (χ0v) is 24.2. The number of aliphatic imine (C=N–C) groups is 1. The predicted molar refractivity (Wildman–Crippen MR) is 161 cm³/mol. The Bertz CT molecular complexity index is 1730. The molecule has 2 unspecified atom stereocenters. The second kappa shape index (κ2) is 11.3. The van der Waals surface area contributed by atoms with Crippen LogP contribution in [0.2, 0.25) is 0 Å². The van der Waals surface area contributed by atoms with Gasteiger partial charge in [-0.05, 0) is 60.9 Å². The maximum absolute atomic E-state index is 15.2. The third-order valence-corrected chi connectivity index (χ3v) is 8.76. The fourth-order valence-corrected chi connectivity index (χ4v) is 5.91. The Balaban J connectivity index is 1.35. The lowest BCUT2D eigenvalue weighted by Gasteiger charge is -2.32. The number of hydrogen-bond donors (Lipinski definition) is 2. The maximum Gasteiger partial charge on any atom is 0.435 e. The number of aromatic nitrogens is 2. The molecular formula is C34H33F4N5O. The van der Waals surface area contributed by atoms with Crippen LogP contribution in [0.25, 0.3) is 5.70 Å². The molecule has 1 fully saturated rings. The average molecular weight is 604 g/mol. The van der Waals surface area contributed by atoms with Crippen molar-refractivity contribution in [3.63, 3.8) is 0 Å². The van der Waals surface area contributed by atoms with E-state index in [0.29, 0.717) is 36.0 Å². The molecule has 4 N–H and O–H groups in total. The summed E-state index contributed by atoms with van der Waals surface area (Å²) in [4.78, 5) is 17.8. The molecule has 1 aromatic heterocycles. The van der Waals surface area contributed by atoms with Gasteiger partial charge in [-0.1, -0.05) is 67.0 Å². The molecule has 44 heavy (non-hydrogen) atoms. The van der Waals surface area contributed by atoms with Crippen LogP contribution in [0.5, 0.6) is 0 Å². The average Bonchev–Trinajstić information content (AvgIpc) is 3.71. The number of alkyl halides is 3. The van der Waals surface area contributed by atoms with E-state index < -0.39 is 35.4 Å². The van der Waals surface area contributed by atoms with Gasteiger partial charge in [-0.3, -0.25) is 4.79 Å². The van der Waals surface area contributed by atoms with Crippen molar-refractivity contribution in [2.24, 2.45) is 28.3 Å². The van der Waals surface area contributed by atoms with Crippen molar-refractivity contribution in [3.8, 4) is 0 Å². The van der Waals surface area contributed by atoms with Crippen molar-refractivity contribution in [2.75, 3.05) is 0 Å². The number of allylic oxidation sites excluding steroid dienone is 4. The van der Waals surface area contributed by atoms with Gasteiger partial charge in [-0.25, -0.2) is 14.1 Å². The highest BCUT2D eigenvalue weighted by molar-refractivity contribution is 6.02. The molecule has 2 atom stereocenters. The van der Waals surface area contributed by atoms with E-state index in [4.69, 9.17) is 11.5 Å². The quantitative estimate of drug-likeness (QED) is 0.207. The van der Waals surface area contributed by atoms with E-state index in [2.05, 4.69) is 10.1 Å². The molecule has 10 heteroatoms. The lowest BCUT2D eigenvalue weighted by atomic mass is 9.78. The number of Topliss-reactive ketones (excluding diaryl/α,β-unsaturated/α-hetero) is 1. The van der Waals surface area contributed by atoms with Crippen LogP contribution in [0.3, 0.4) is 0 Å². The molecule has 2 aliphatic carbocycles. The van der Waals surface area contributed by atoms with E-state index >= 15 is 4.39 Å². The Hall–Kier alpha value is -4.31. The molecule has 1 saturated carbocycles. The molecule has 6 nitrogen and oxygen atoms in total. The second-order valence-electron chi connectivity index (χ2n) is 12.0. The highest BCUT2D eigenvalue weighted by Gasteiger charge is 2.37. The summed E-state index contributed by atoms with van der Waals surface area (Å²) < 4.78 is 57.6. The van der Waals surface area contributed by atoms with Gasteiger partial charge >= 0.3 is 6.18 Å². The number of rotatable bonds is 9. The van der Waals surface area contributed by atoms with E-state index in [-0.39, 0.29) is 28.7 Å². The first-order valence-electron chi connectivity index (χ1n) is 14.7. The minimum atomic E-state index is -4.79. The SMILES string of the molecule is Cc1ccc(C(N)(CCC2CC2)c2ccc(F)c(CC(=O)c3cc(C(F)(F)F)nn3C3=CCC4C=CN=C(N)C4=C3)c2)cc1. The van der Waals surface area contributed by atoms with Crippen LogP contribution in [-0.4, -0.2) is 21.4 Å². The van der Waals surface area contributed by atoms with E-state index in [9.17, 15) is 18.0 Å². The van der Waals surface area contributed by atoms with Crippen molar-refractivity contribution < 1.29 is 22.4 Å². The molecule has 0 spiro atoms. The first kappa shape index (κ1) is 29.7. The van der Waals surface area contributed by atoms with Crippen molar-refractivity contribution in [1.82, 2.24) is 9.78 Å². The summed E-state index contributed by atoms with van der Waals surface area (Å²) in [7, 11) is 0. The van der Waals surface area contributed by atoms with Crippen LogP contribution >= 0.6 is 0 Å². The maximum atomic E-state index is 15.2. The van der Waals surface area contributed by atoms with Gasteiger partial charge in [0.2, 0.25) is 0 Å². The molecular weight excluding hydrogens is 570 g/mol. The Morgan fingerprint density at radius 1 is 1.07 bits per heavy atom. The Kier molecular flexibility index (Phi) is 7.65. The van der Waals surface area contributed by atoms with E-state index in [1.165, 1.54) is 6.07 Å². The summed E-state index contributed by atoms with van der Waals surface area (Å²) in [6, 6.07) is 13.1. The molecule has 0 radical (unpaired) electrons. The number of carbonyl (C=O) groups excluding carboxylic acids is 1. The summed E-state index contributed by atoms with van der Waals surface area (Å²) in [6.45, 7) is 1.98. The van der Waals surface area contributed by atoms with Gasteiger partial charge in [-0.15, -0.1) is 0 Å². The van der Waals surface area contributed by atoms with Crippen molar-refractivity contribution in [2.45, 2.75) is 57.2 Å². The lowest BCUT2D eigenvalue weighted by Crippen LogP contribution is -2.38. The van der Waals surface area contributed by atoms with Crippen LogP contribution in [0.4, 0.5) is 17.6 Å². The van der Waals surface area contributed by atoms with E-state index in [1.54, 1.807) is 30.5 Å². The minimum Gasteiger partial charge on any atom is -0.383 e. The molecule has 3 aliphatic rings. The lowest BCUT2D eigenvalue weighted by molar-refractivity contribution is -0.141. The highest BCUT2D eigenvalue weighted by Crippen LogP contribution is 2.40. The largest absolute Gasteiger partial charge is 0.435 e. The van der Waals surface area contributed by atoms with Gasteiger partial charge in [-0.2, -0.15) is 18.3 Å². The number of amidine groups is 1. The zero-order chi connectivity index (χ0) is 31.2. The molecule has 2 heterocycles. The third-order valence-electron chi connectivity index (χ3n) is 8.76. The molecule has 0 saturated heterocycles. The number of hydrogen-bond acceptors (Lipinski definition) is 5. The van der Waals surface area contributed by atoms with Crippen LogP contribution < -0.4 is 11.5 Å². The van der Waals surface area contributed by atoms with Crippen molar-refractivity contribution in [1.29, 1.82) is 0 Å². The van der Waals surface area contributed by atoms with Gasteiger partial charge < -0.3 is 11.5 Å². The van der Waals surface area contributed by atoms with Gasteiger partial charge in [0.25, 0.3) is 0 Å². The molecule has 2 aromatic carbocycles. The van der Waals surface area contributed by atoms with Gasteiger partial charge in [0, 0.05) is 30.2 Å². The monoisotopic (exact) mass is 603 g/mol. The summed E-state index contributed by atoms with van der Waals surface area (Å²) in [5.74, 6) is -0.573. The standard InChI is InChI=1S/C34H33F4N5O/c1-20-2-7-24(8-3-20)33(40,14-12-21-4-5-21)25-9-11-28(35)23(16-25)17-30(44)29-19-31(34(36,37)38)42-43(29)26-10-6-22-13-15-41-32(39)27(22)18-26/h2-3,7-11,13,15-16,18-19,21-22H,4-6,12,14,17,40H2,1H3,(H2,39,41). The number of nitrogens with two attached hydrogens (primary N) is 2. The number of benzene rings is 2. The number of aryl methyl sites for hydroxylation is 1. The second-order valence-corrected chi connectivity index (χ2v) is 12.0. The number of halogens is 4. The van der Waals surface area contributed by atoms with Gasteiger partial charge in [0.15, 0.2) is 11.5 Å². The molecule has 0 amide bonds. The summed E-state index contributed by atoms with van der Waals surface area (Å²) in [5.41, 5.74) is 14.2. The Morgan fingerprint density at radius 3 is 2.50 bits per heavy atom. The molecule has 0 bridgehead atoms. The fourth-order valence-electron chi connectivity index (χ4n) is 5.91. The van der Waals surface area contributed by atoms with Crippen LogP contribution in [0, 0.1) is 24.6 Å². The summed E-state index contributed by atoms with van der Waals surface area (Å²) in [6.07, 6.45) is 5.75. The Morgan fingerprint density at radius 2 is 1.80 bits per heavy atom. The van der Waals surface area contributed by atoms with Crippen molar-refractivity contribution >= 4 is 17.3 Å². The van der Waals surface area contributed by atoms with E-state index in [0.717, 1.165) is 35.1 Å². The van der Waals surface area contributed by atoms with Gasteiger partial charge in [0.05, 0.1) is 11.2 Å². The molecule has 6 rings (SSSR count). The number of nitrogens with zero attached hydrogens (tertiary/aromatic N) is 3. The minimum absolute atomic E-state index is 0.0482. The summed E-state index contributed by atoms with van der Waals surface area (Å²) >= 11 is 0. The first-order chi connectivity index (χ1) is 20.9. The topological polar surface area (TPSA) is 99.3 Å². The van der Waals surface area contributed by atoms with Crippen LogP contribution in [0.15, 0.2) is 83.5 Å². The summed E-state index contributed by atoms with van der Waals surface area (Å²) in [5, 5.41) is 3.75. The number of ketones is 1.